The molecular weight excluding hydrogens is 306 g/mol. The molecular formula is C15H22ClN3OS. The van der Waals surface area contributed by atoms with E-state index in [4.69, 9.17) is 17.3 Å². The van der Waals surface area contributed by atoms with E-state index in [1.54, 1.807) is 11.8 Å². The SMILES string of the molecule is CSCC[C@H](N)C(=O)N1CCN(c2cccc(Cl)c2)CC1. The molecule has 2 rings (SSSR count). The van der Waals surface area contributed by atoms with E-state index < -0.39 is 0 Å². The van der Waals surface area contributed by atoms with Crippen molar-refractivity contribution in [3.63, 3.8) is 0 Å². The summed E-state index contributed by atoms with van der Waals surface area (Å²) in [5, 5.41) is 0.741. The largest absolute Gasteiger partial charge is 0.368 e. The summed E-state index contributed by atoms with van der Waals surface area (Å²) >= 11 is 7.75. The van der Waals surface area contributed by atoms with Crippen LogP contribution in [0.4, 0.5) is 5.69 Å². The van der Waals surface area contributed by atoms with Gasteiger partial charge in [0, 0.05) is 36.9 Å². The van der Waals surface area contributed by atoms with Gasteiger partial charge in [-0.25, -0.2) is 0 Å². The lowest BCUT2D eigenvalue weighted by atomic mass is 10.2. The number of carbonyl (C=O) groups excluding carboxylic acids is 1. The van der Waals surface area contributed by atoms with Gasteiger partial charge in [-0.2, -0.15) is 11.8 Å². The number of rotatable bonds is 5. The summed E-state index contributed by atoms with van der Waals surface area (Å²) in [6.45, 7) is 3.08. The van der Waals surface area contributed by atoms with Gasteiger partial charge in [-0.3, -0.25) is 4.79 Å². The minimum atomic E-state index is -0.366. The van der Waals surface area contributed by atoms with Crippen molar-refractivity contribution in [2.24, 2.45) is 5.73 Å². The van der Waals surface area contributed by atoms with Gasteiger partial charge in [-0.05, 0) is 36.6 Å². The second-order valence-electron chi connectivity index (χ2n) is 5.18. The lowest BCUT2D eigenvalue weighted by molar-refractivity contribution is -0.132. The molecule has 2 N–H and O–H groups in total. The third kappa shape index (κ3) is 4.53. The highest BCUT2D eigenvalue weighted by molar-refractivity contribution is 7.98. The second kappa shape index (κ2) is 7.92. The van der Waals surface area contributed by atoms with E-state index in [1.807, 2.05) is 35.4 Å². The number of hydrogen-bond donors (Lipinski definition) is 1. The fourth-order valence-electron chi connectivity index (χ4n) is 2.46. The van der Waals surface area contributed by atoms with Crippen LogP contribution in [0.5, 0.6) is 0 Å². The van der Waals surface area contributed by atoms with Crippen LogP contribution < -0.4 is 10.6 Å². The van der Waals surface area contributed by atoms with Crippen molar-refractivity contribution in [3.8, 4) is 0 Å². The Morgan fingerprint density at radius 3 is 2.71 bits per heavy atom. The predicted octanol–water partition coefficient (Wildman–Crippen LogP) is 2.07. The molecule has 1 aliphatic rings. The first-order valence-corrected chi connectivity index (χ1v) is 8.93. The quantitative estimate of drug-likeness (QED) is 0.899. The molecule has 4 nitrogen and oxygen atoms in total. The summed E-state index contributed by atoms with van der Waals surface area (Å²) in [5.74, 6) is 1.00. The molecule has 0 radical (unpaired) electrons. The molecule has 1 aliphatic heterocycles. The lowest BCUT2D eigenvalue weighted by Gasteiger charge is -2.37. The Kier molecular flexibility index (Phi) is 6.21. The molecule has 116 valence electrons. The average Bonchev–Trinajstić information content (AvgIpc) is 2.52. The lowest BCUT2D eigenvalue weighted by Crippen LogP contribution is -2.53. The number of thioether (sulfide) groups is 1. The van der Waals surface area contributed by atoms with Gasteiger partial charge >= 0.3 is 0 Å². The molecule has 0 bridgehead atoms. The molecule has 1 aromatic rings. The van der Waals surface area contributed by atoms with Gasteiger partial charge in [0.1, 0.15) is 0 Å². The molecule has 1 aromatic carbocycles. The predicted molar refractivity (Wildman–Crippen MR) is 91.2 cm³/mol. The van der Waals surface area contributed by atoms with Crippen LogP contribution in [0.1, 0.15) is 6.42 Å². The third-order valence-electron chi connectivity index (χ3n) is 3.71. The zero-order valence-electron chi connectivity index (χ0n) is 12.3. The molecule has 1 atom stereocenters. The van der Waals surface area contributed by atoms with E-state index in [1.165, 1.54) is 0 Å². The smallest absolute Gasteiger partial charge is 0.239 e. The van der Waals surface area contributed by atoms with Crippen LogP contribution in [0.3, 0.4) is 0 Å². The van der Waals surface area contributed by atoms with E-state index in [0.717, 1.165) is 49.1 Å². The number of benzene rings is 1. The molecule has 1 saturated heterocycles. The summed E-state index contributed by atoms with van der Waals surface area (Å²) in [4.78, 5) is 16.4. The molecule has 0 saturated carbocycles. The van der Waals surface area contributed by atoms with Crippen LogP contribution in [0.15, 0.2) is 24.3 Å². The van der Waals surface area contributed by atoms with E-state index in [-0.39, 0.29) is 11.9 Å². The molecule has 0 unspecified atom stereocenters. The number of amides is 1. The Morgan fingerprint density at radius 1 is 1.38 bits per heavy atom. The van der Waals surface area contributed by atoms with Crippen molar-refractivity contribution in [3.05, 3.63) is 29.3 Å². The van der Waals surface area contributed by atoms with E-state index >= 15 is 0 Å². The maximum absolute atomic E-state index is 12.3. The zero-order chi connectivity index (χ0) is 15.2. The van der Waals surface area contributed by atoms with Gasteiger partial charge in [0.25, 0.3) is 0 Å². The minimum Gasteiger partial charge on any atom is -0.368 e. The summed E-state index contributed by atoms with van der Waals surface area (Å²) in [6.07, 6.45) is 2.77. The van der Waals surface area contributed by atoms with Gasteiger partial charge in [0.15, 0.2) is 0 Å². The van der Waals surface area contributed by atoms with Crippen LogP contribution in [-0.4, -0.2) is 55.0 Å². The summed E-state index contributed by atoms with van der Waals surface area (Å²) in [6, 6.07) is 7.47. The molecule has 1 fully saturated rings. The number of nitrogens with two attached hydrogens (primary N) is 1. The van der Waals surface area contributed by atoms with Crippen molar-refractivity contribution in [1.29, 1.82) is 0 Å². The topological polar surface area (TPSA) is 49.6 Å². The Morgan fingerprint density at radius 2 is 2.10 bits per heavy atom. The highest BCUT2D eigenvalue weighted by atomic mass is 35.5. The van der Waals surface area contributed by atoms with E-state index in [2.05, 4.69) is 4.90 Å². The normalized spacial score (nSPS) is 16.9. The van der Waals surface area contributed by atoms with Gasteiger partial charge < -0.3 is 15.5 Å². The Hall–Kier alpha value is -0.910. The van der Waals surface area contributed by atoms with Crippen molar-refractivity contribution in [2.75, 3.05) is 43.1 Å². The van der Waals surface area contributed by atoms with Crippen LogP contribution in [0, 0.1) is 0 Å². The molecule has 0 aliphatic carbocycles. The third-order valence-corrected chi connectivity index (χ3v) is 4.59. The number of carbonyl (C=O) groups is 1. The highest BCUT2D eigenvalue weighted by Gasteiger charge is 2.25. The van der Waals surface area contributed by atoms with Crippen LogP contribution in [0.25, 0.3) is 0 Å². The Balaban J connectivity index is 1.87. The number of halogens is 1. The Bertz CT molecular complexity index is 478. The number of nitrogens with zero attached hydrogens (tertiary/aromatic N) is 2. The first kappa shape index (κ1) is 16.5. The fraction of sp³-hybridized carbons (Fsp3) is 0.533. The van der Waals surface area contributed by atoms with Crippen molar-refractivity contribution >= 4 is 35.0 Å². The zero-order valence-corrected chi connectivity index (χ0v) is 13.9. The van der Waals surface area contributed by atoms with Gasteiger partial charge in [0.2, 0.25) is 5.91 Å². The molecule has 21 heavy (non-hydrogen) atoms. The monoisotopic (exact) mass is 327 g/mol. The highest BCUT2D eigenvalue weighted by Crippen LogP contribution is 2.21. The van der Waals surface area contributed by atoms with Crippen LogP contribution >= 0.6 is 23.4 Å². The summed E-state index contributed by atoms with van der Waals surface area (Å²) in [5.41, 5.74) is 7.08. The van der Waals surface area contributed by atoms with E-state index in [0.29, 0.717) is 0 Å². The molecule has 0 aromatic heterocycles. The molecule has 6 heteroatoms. The summed E-state index contributed by atoms with van der Waals surface area (Å²) in [7, 11) is 0. The average molecular weight is 328 g/mol. The Labute approximate surface area is 135 Å². The number of anilines is 1. The first-order chi connectivity index (χ1) is 10.1. The van der Waals surface area contributed by atoms with Crippen LogP contribution in [-0.2, 0) is 4.79 Å². The number of hydrogen-bond acceptors (Lipinski definition) is 4. The maximum atomic E-state index is 12.3. The molecule has 1 amide bonds. The summed E-state index contributed by atoms with van der Waals surface area (Å²) < 4.78 is 0. The van der Waals surface area contributed by atoms with Crippen molar-refractivity contribution in [2.45, 2.75) is 12.5 Å². The molecule has 1 heterocycles. The standard InChI is InChI=1S/C15H22ClN3OS/c1-21-10-5-14(17)15(20)19-8-6-18(7-9-19)13-4-2-3-12(16)11-13/h2-4,11,14H,5-10,17H2,1H3/t14-/m0/s1. The van der Waals surface area contributed by atoms with Crippen molar-refractivity contribution in [1.82, 2.24) is 4.90 Å². The minimum absolute atomic E-state index is 0.0785. The van der Waals surface area contributed by atoms with E-state index in [9.17, 15) is 4.79 Å². The fourth-order valence-corrected chi connectivity index (χ4v) is 3.13. The second-order valence-corrected chi connectivity index (χ2v) is 6.60. The van der Waals surface area contributed by atoms with Gasteiger partial charge in [-0.1, -0.05) is 17.7 Å². The van der Waals surface area contributed by atoms with Crippen LogP contribution in [0.2, 0.25) is 5.02 Å². The van der Waals surface area contributed by atoms with Gasteiger partial charge in [0.05, 0.1) is 6.04 Å². The van der Waals surface area contributed by atoms with Gasteiger partial charge in [-0.15, -0.1) is 0 Å². The molecule has 0 spiro atoms. The van der Waals surface area contributed by atoms with Crippen molar-refractivity contribution < 1.29 is 4.79 Å². The number of piperazine rings is 1. The first-order valence-electron chi connectivity index (χ1n) is 7.15. The maximum Gasteiger partial charge on any atom is 0.239 e.